The molecule has 7 heteroatoms. The summed E-state index contributed by atoms with van der Waals surface area (Å²) in [6, 6.07) is 17.4. The fourth-order valence-electron chi connectivity index (χ4n) is 2.46. The van der Waals surface area contributed by atoms with Gasteiger partial charge in [-0.3, -0.25) is 9.59 Å². The first-order valence-electron chi connectivity index (χ1n) is 8.51. The molecule has 0 aliphatic heterocycles. The number of thiophene rings is 1. The van der Waals surface area contributed by atoms with Gasteiger partial charge in [0.25, 0.3) is 11.8 Å². The molecule has 1 aromatic heterocycles. The van der Waals surface area contributed by atoms with E-state index in [9.17, 15) is 9.59 Å². The summed E-state index contributed by atoms with van der Waals surface area (Å²) in [5.41, 5.74) is 3.68. The van der Waals surface area contributed by atoms with Crippen molar-refractivity contribution < 1.29 is 14.3 Å². The maximum Gasteiger partial charge on any atom is 0.273 e. The SMILES string of the molecule is COc1ccc(C(=O)Nc2ccccc2C(=O)N/N=C\c2ccc(C)s2)cc1. The van der Waals surface area contributed by atoms with Crippen LogP contribution in [0.3, 0.4) is 0 Å². The maximum absolute atomic E-state index is 12.5. The van der Waals surface area contributed by atoms with Crippen molar-refractivity contribution in [1.29, 1.82) is 0 Å². The molecule has 1 heterocycles. The largest absolute Gasteiger partial charge is 0.497 e. The summed E-state index contributed by atoms with van der Waals surface area (Å²) in [6.07, 6.45) is 1.59. The molecule has 142 valence electrons. The van der Waals surface area contributed by atoms with Crippen LogP contribution < -0.4 is 15.5 Å². The van der Waals surface area contributed by atoms with E-state index in [2.05, 4.69) is 15.8 Å². The lowest BCUT2D eigenvalue weighted by atomic mass is 10.1. The average Bonchev–Trinajstić information content (AvgIpc) is 3.13. The Morgan fingerprint density at radius 1 is 1.00 bits per heavy atom. The van der Waals surface area contributed by atoms with Crippen LogP contribution in [0.2, 0.25) is 0 Å². The molecule has 0 bridgehead atoms. The molecule has 0 saturated carbocycles. The summed E-state index contributed by atoms with van der Waals surface area (Å²) in [6.45, 7) is 2.00. The minimum Gasteiger partial charge on any atom is -0.497 e. The number of anilines is 1. The van der Waals surface area contributed by atoms with E-state index in [0.717, 1.165) is 4.88 Å². The van der Waals surface area contributed by atoms with Crippen molar-refractivity contribution in [2.75, 3.05) is 12.4 Å². The molecule has 0 aliphatic rings. The lowest BCUT2D eigenvalue weighted by Gasteiger charge is -2.10. The first-order chi connectivity index (χ1) is 13.6. The zero-order chi connectivity index (χ0) is 19.9. The van der Waals surface area contributed by atoms with Gasteiger partial charge in [-0.1, -0.05) is 12.1 Å². The molecule has 2 aromatic carbocycles. The number of ether oxygens (including phenoxy) is 1. The van der Waals surface area contributed by atoms with Crippen LogP contribution in [0.15, 0.2) is 65.8 Å². The Balaban J connectivity index is 1.70. The summed E-state index contributed by atoms with van der Waals surface area (Å²) in [5.74, 6) is -0.0641. The van der Waals surface area contributed by atoms with Crippen molar-refractivity contribution in [3.63, 3.8) is 0 Å². The third-order valence-corrected chi connectivity index (χ3v) is 4.83. The van der Waals surface area contributed by atoms with Crippen LogP contribution in [0.25, 0.3) is 0 Å². The van der Waals surface area contributed by atoms with E-state index >= 15 is 0 Å². The lowest BCUT2D eigenvalue weighted by Crippen LogP contribution is -2.21. The fraction of sp³-hybridized carbons (Fsp3) is 0.0952. The highest BCUT2D eigenvalue weighted by Gasteiger charge is 2.13. The Labute approximate surface area is 166 Å². The number of amides is 2. The van der Waals surface area contributed by atoms with Crippen LogP contribution in [0, 0.1) is 6.92 Å². The first-order valence-corrected chi connectivity index (χ1v) is 9.33. The van der Waals surface area contributed by atoms with Crippen LogP contribution in [0.4, 0.5) is 5.69 Å². The van der Waals surface area contributed by atoms with Crippen LogP contribution in [-0.4, -0.2) is 25.1 Å². The Hall–Kier alpha value is -3.45. The number of aryl methyl sites for hydroxylation is 1. The number of hydrogen-bond donors (Lipinski definition) is 2. The average molecular weight is 393 g/mol. The highest BCUT2D eigenvalue weighted by Crippen LogP contribution is 2.18. The number of methoxy groups -OCH3 is 1. The molecule has 0 spiro atoms. The molecule has 0 unspecified atom stereocenters. The number of benzene rings is 2. The summed E-state index contributed by atoms with van der Waals surface area (Å²) < 4.78 is 5.09. The minimum absolute atomic E-state index is 0.319. The molecular formula is C21H19N3O3S. The summed E-state index contributed by atoms with van der Waals surface area (Å²) in [5, 5.41) is 6.75. The number of para-hydroxylation sites is 1. The summed E-state index contributed by atoms with van der Waals surface area (Å²) >= 11 is 1.58. The van der Waals surface area contributed by atoms with Crippen molar-refractivity contribution in [3.05, 3.63) is 81.5 Å². The molecule has 2 amide bonds. The third-order valence-electron chi connectivity index (χ3n) is 3.89. The Morgan fingerprint density at radius 2 is 1.75 bits per heavy atom. The number of carbonyl (C=O) groups is 2. The van der Waals surface area contributed by atoms with Crippen molar-refractivity contribution in [1.82, 2.24) is 5.43 Å². The molecule has 0 saturated heterocycles. The highest BCUT2D eigenvalue weighted by molar-refractivity contribution is 7.13. The number of nitrogens with one attached hydrogen (secondary N) is 2. The lowest BCUT2D eigenvalue weighted by molar-refractivity contribution is 0.0956. The molecular weight excluding hydrogens is 374 g/mol. The number of hydrazone groups is 1. The second-order valence-corrected chi connectivity index (χ2v) is 7.20. The van der Waals surface area contributed by atoms with Crippen molar-refractivity contribution in [2.24, 2.45) is 5.10 Å². The van der Waals surface area contributed by atoms with E-state index in [1.54, 1.807) is 73.2 Å². The van der Waals surface area contributed by atoms with Crippen LogP contribution in [0.5, 0.6) is 5.75 Å². The van der Waals surface area contributed by atoms with Gasteiger partial charge in [0.2, 0.25) is 0 Å². The van der Waals surface area contributed by atoms with E-state index in [1.807, 2.05) is 19.1 Å². The Bertz CT molecular complexity index is 1010. The van der Waals surface area contributed by atoms with E-state index in [-0.39, 0.29) is 5.91 Å². The normalized spacial score (nSPS) is 10.6. The maximum atomic E-state index is 12.5. The zero-order valence-electron chi connectivity index (χ0n) is 15.4. The second kappa shape index (κ2) is 8.96. The van der Waals surface area contributed by atoms with Crippen LogP contribution >= 0.6 is 11.3 Å². The Morgan fingerprint density at radius 3 is 2.43 bits per heavy atom. The number of nitrogens with zero attached hydrogens (tertiary/aromatic N) is 1. The van der Waals surface area contributed by atoms with E-state index in [0.29, 0.717) is 22.6 Å². The molecule has 2 N–H and O–H groups in total. The van der Waals surface area contributed by atoms with Crippen LogP contribution in [-0.2, 0) is 0 Å². The van der Waals surface area contributed by atoms with Gasteiger partial charge in [-0.05, 0) is 55.5 Å². The number of carbonyl (C=O) groups excluding carboxylic acids is 2. The number of hydrogen-bond acceptors (Lipinski definition) is 5. The topological polar surface area (TPSA) is 79.8 Å². The molecule has 0 atom stereocenters. The standard InChI is InChI=1S/C21H19N3O3S/c1-14-7-12-17(28-14)13-22-24-21(26)18-5-3-4-6-19(18)23-20(25)15-8-10-16(27-2)11-9-15/h3-13H,1-2H3,(H,23,25)(H,24,26)/b22-13-. The van der Waals surface area contributed by atoms with Gasteiger partial charge in [-0.2, -0.15) is 5.10 Å². The van der Waals surface area contributed by atoms with Crippen molar-refractivity contribution in [2.45, 2.75) is 6.92 Å². The molecule has 0 fully saturated rings. The van der Waals surface area contributed by atoms with Gasteiger partial charge in [0.15, 0.2) is 0 Å². The summed E-state index contributed by atoms with van der Waals surface area (Å²) in [7, 11) is 1.56. The minimum atomic E-state index is -0.407. The van der Waals surface area contributed by atoms with Gasteiger partial charge in [-0.25, -0.2) is 5.43 Å². The van der Waals surface area contributed by atoms with E-state index in [4.69, 9.17) is 4.74 Å². The van der Waals surface area contributed by atoms with E-state index in [1.165, 1.54) is 4.88 Å². The molecule has 3 aromatic rings. The quantitative estimate of drug-likeness (QED) is 0.489. The van der Waals surface area contributed by atoms with Gasteiger partial charge in [0.1, 0.15) is 5.75 Å². The third kappa shape index (κ3) is 4.83. The molecule has 6 nitrogen and oxygen atoms in total. The number of rotatable bonds is 6. The predicted octanol–water partition coefficient (Wildman–Crippen LogP) is 4.08. The van der Waals surface area contributed by atoms with E-state index < -0.39 is 5.91 Å². The Kier molecular flexibility index (Phi) is 6.18. The van der Waals surface area contributed by atoms with Gasteiger partial charge >= 0.3 is 0 Å². The zero-order valence-corrected chi connectivity index (χ0v) is 16.2. The fourth-order valence-corrected chi connectivity index (χ4v) is 3.21. The second-order valence-electron chi connectivity index (χ2n) is 5.88. The monoisotopic (exact) mass is 393 g/mol. The summed E-state index contributed by atoms with van der Waals surface area (Å²) in [4.78, 5) is 27.1. The molecule has 0 radical (unpaired) electrons. The van der Waals surface area contributed by atoms with Crippen LogP contribution in [0.1, 0.15) is 30.5 Å². The smallest absolute Gasteiger partial charge is 0.273 e. The molecule has 0 aliphatic carbocycles. The van der Waals surface area contributed by atoms with Gasteiger partial charge in [-0.15, -0.1) is 11.3 Å². The molecule has 28 heavy (non-hydrogen) atoms. The predicted molar refractivity (Wildman–Crippen MR) is 112 cm³/mol. The van der Waals surface area contributed by atoms with Crippen molar-refractivity contribution in [3.8, 4) is 5.75 Å². The van der Waals surface area contributed by atoms with Gasteiger partial charge < -0.3 is 10.1 Å². The van der Waals surface area contributed by atoms with Gasteiger partial charge in [0, 0.05) is 15.3 Å². The highest BCUT2D eigenvalue weighted by atomic mass is 32.1. The van der Waals surface area contributed by atoms with Gasteiger partial charge in [0.05, 0.1) is 24.6 Å². The molecule has 3 rings (SSSR count). The first kappa shape index (κ1) is 19.3. The van der Waals surface area contributed by atoms with Crippen molar-refractivity contribution >= 4 is 35.1 Å².